The highest BCUT2D eigenvalue weighted by Gasteiger charge is 2.28. The smallest absolute Gasteiger partial charge is 0.125 e. The minimum atomic E-state index is -0.196. The minimum Gasteiger partial charge on any atom is -0.393 e. The number of benzene rings is 1. The summed E-state index contributed by atoms with van der Waals surface area (Å²) >= 11 is 0. The number of hydrogen-bond donors (Lipinski definition) is 2. The highest BCUT2D eigenvalue weighted by atomic mass is 19.1. The van der Waals surface area contributed by atoms with Crippen LogP contribution in [0.15, 0.2) is 18.2 Å². The van der Waals surface area contributed by atoms with Crippen LogP contribution in [0.4, 0.5) is 10.1 Å². The van der Waals surface area contributed by atoms with E-state index < -0.39 is 0 Å². The van der Waals surface area contributed by atoms with Crippen molar-refractivity contribution in [2.75, 3.05) is 25.5 Å². The van der Waals surface area contributed by atoms with Crippen LogP contribution >= 0.6 is 0 Å². The normalized spacial score (nSPS) is 22.7. The fourth-order valence-corrected chi connectivity index (χ4v) is 2.50. The van der Waals surface area contributed by atoms with Crippen LogP contribution in [-0.2, 0) is 6.54 Å². The third-order valence-corrected chi connectivity index (χ3v) is 3.51. The van der Waals surface area contributed by atoms with E-state index in [9.17, 15) is 9.50 Å². The van der Waals surface area contributed by atoms with E-state index in [0.29, 0.717) is 12.5 Å². The first-order chi connectivity index (χ1) is 8.58. The average molecular weight is 252 g/mol. The summed E-state index contributed by atoms with van der Waals surface area (Å²) in [6, 6.07) is 5.13. The van der Waals surface area contributed by atoms with Crippen LogP contribution in [0.1, 0.15) is 18.4 Å². The van der Waals surface area contributed by atoms with E-state index in [1.807, 2.05) is 20.2 Å². The Hall–Kier alpha value is -1.13. The topological polar surface area (TPSA) is 35.5 Å². The zero-order valence-electron chi connectivity index (χ0n) is 11.0. The van der Waals surface area contributed by atoms with E-state index in [4.69, 9.17) is 0 Å². The summed E-state index contributed by atoms with van der Waals surface area (Å²) in [5.74, 6) is 0.333. The maximum atomic E-state index is 13.5. The van der Waals surface area contributed by atoms with Gasteiger partial charge >= 0.3 is 0 Å². The van der Waals surface area contributed by atoms with E-state index in [1.165, 1.54) is 0 Å². The molecule has 0 bridgehead atoms. The SMILES string of the molecule is CNCc1cc(F)cc(N(C)CC2CC(O)C2)c1. The summed E-state index contributed by atoms with van der Waals surface area (Å²) in [7, 11) is 3.83. The molecular formula is C14H21FN2O. The fourth-order valence-electron chi connectivity index (χ4n) is 2.50. The predicted molar refractivity (Wildman–Crippen MR) is 71.2 cm³/mol. The maximum Gasteiger partial charge on any atom is 0.125 e. The molecule has 2 N–H and O–H groups in total. The predicted octanol–water partition coefficient (Wildman–Crippen LogP) is 1.75. The number of hydrogen-bond acceptors (Lipinski definition) is 3. The van der Waals surface area contributed by atoms with Crippen molar-refractivity contribution in [1.29, 1.82) is 0 Å². The molecule has 100 valence electrons. The van der Waals surface area contributed by atoms with E-state index in [-0.39, 0.29) is 11.9 Å². The van der Waals surface area contributed by atoms with Gasteiger partial charge in [0.15, 0.2) is 0 Å². The summed E-state index contributed by atoms with van der Waals surface area (Å²) in [6.45, 7) is 1.54. The molecule has 0 radical (unpaired) electrons. The summed E-state index contributed by atoms with van der Waals surface area (Å²) in [4.78, 5) is 2.07. The Morgan fingerprint density at radius 1 is 1.39 bits per heavy atom. The third kappa shape index (κ3) is 3.21. The van der Waals surface area contributed by atoms with Crippen LogP contribution in [0.5, 0.6) is 0 Å². The average Bonchev–Trinajstić information content (AvgIpc) is 2.26. The van der Waals surface area contributed by atoms with Crippen molar-refractivity contribution < 1.29 is 9.50 Å². The highest BCUT2D eigenvalue weighted by molar-refractivity contribution is 5.48. The molecule has 1 aliphatic carbocycles. The Morgan fingerprint density at radius 3 is 2.72 bits per heavy atom. The minimum absolute atomic E-state index is 0.129. The Bertz CT molecular complexity index is 405. The molecule has 1 fully saturated rings. The first kappa shape index (κ1) is 13.3. The molecule has 1 saturated carbocycles. The van der Waals surface area contributed by atoms with Gasteiger partial charge in [-0.1, -0.05) is 0 Å². The lowest BCUT2D eigenvalue weighted by atomic mass is 9.82. The van der Waals surface area contributed by atoms with Gasteiger partial charge in [0.05, 0.1) is 6.10 Å². The molecule has 0 saturated heterocycles. The van der Waals surface area contributed by atoms with E-state index in [0.717, 1.165) is 30.6 Å². The first-order valence-electron chi connectivity index (χ1n) is 6.41. The van der Waals surface area contributed by atoms with Crippen LogP contribution in [0.25, 0.3) is 0 Å². The zero-order valence-corrected chi connectivity index (χ0v) is 11.0. The van der Waals surface area contributed by atoms with Gasteiger partial charge in [0.2, 0.25) is 0 Å². The lowest BCUT2D eigenvalue weighted by molar-refractivity contribution is 0.0465. The van der Waals surface area contributed by atoms with Gasteiger partial charge in [-0.3, -0.25) is 0 Å². The van der Waals surface area contributed by atoms with Crippen molar-refractivity contribution in [1.82, 2.24) is 5.32 Å². The number of aliphatic hydroxyl groups is 1. The number of anilines is 1. The quantitative estimate of drug-likeness (QED) is 0.838. The van der Waals surface area contributed by atoms with Crippen molar-refractivity contribution in [2.45, 2.75) is 25.5 Å². The summed E-state index contributed by atoms with van der Waals surface area (Å²) in [5, 5.41) is 12.3. The number of halogens is 1. The van der Waals surface area contributed by atoms with Crippen molar-refractivity contribution in [3.63, 3.8) is 0 Å². The third-order valence-electron chi connectivity index (χ3n) is 3.51. The lowest BCUT2D eigenvalue weighted by Crippen LogP contribution is -2.37. The number of nitrogens with zero attached hydrogens (tertiary/aromatic N) is 1. The van der Waals surface area contributed by atoms with Crippen molar-refractivity contribution >= 4 is 5.69 Å². The van der Waals surface area contributed by atoms with Crippen molar-refractivity contribution in [3.05, 3.63) is 29.6 Å². The van der Waals surface area contributed by atoms with Gasteiger partial charge < -0.3 is 15.3 Å². The fraction of sp³-hybridized carbons (Fsp3) is 0.571. The molecular weight excluding hydrogens is 231 g/mol. The standard InChI is InChI=1S/C14H21FN2O/c1-16-8-10-3-12(15)7-13(4-10)17(2)9-11-5-14(18)6-11/h3-4,7,11,14,16,18H,5-6,8-9H2,1-2H3. The molecule has 0 aromatic heterocycles. The second-order valence-electron chi connectivity index (χ2n) is 5.22. The van der Waals surface area contributed by atoms with Crippen LogP contribution < -0.4 is 10.2 Å². The van der Waals surface area contributed by atoms with E-state index in [1.54, 1.807) is 12.1 Å². The van der Waals surface area contributed by atoms with Gasteiger partial charge in [-0.2, -0.15) is 0 Å². The molecule has 0 spiro atoms. The molecule has 0 amide bonds. The highest BCUT2D eigenvalue weighted by Crippen LogP contribution is 2.29. The summed E-state index contributed by atoms with van der Waals surface area (Å²) < 4.78 is 13.5. The number of aliphatic hydroxyl groups excluding tert-OH is 1. The Labute approximate surface area is 108 Å². The molecule has 4 heteroatoms. The summed E-state index contributed by atoms with van der Waals surface area (Å²) in [6.07, 6.45) is 1.60. The van der Waals surface area contributed by atoms with Crippen LogP contribution in [-0.4, -0.2) is 31.9 Å². The zero-order chi connectivity index (χ0) is 13.1. The van der Waals surface area contributed by atoms with Crippen LogP contribution in [0, 0.1) is 11.7 Å². The second-order valence-corrected chi connectivity index (χ2v) is 5.22. The molecule has 18 heavy (non-hydrogen) atoms. The monoisotopic (exact) mass is 252 g/mol. The second kappa shape index (κ2) is 5.67. The van der Waals surface area contributed by atoms with Gasteiger partial charge in [-0.05, 0) is 49.6 Å². The molecule has 0 unspecified atom stereocenters. The van der Waals surface area contributed by atoms with Gasteiger partial charge in [0.25, 0.3) is 0 Å². The largest absolute Gasteiger partial charge is 0.393 e. The summed E-state index contributed by atoms with van der Waals surface area (Å²) in [5.41, 5.74) is 1.86. The van der Waals surface area contributed by atoms with Gasteiger partial charge in [-0.15, -0.1) is 0 Å². The first-order valence-corrected chi connectivity index (χ1v) is 6.41. The van der Waals surface area contributed by atoms with Gasteiger partial charge in [-0.25, -0.2) is 4.39 Å². The van der Waals surface area contributed by atoms with Gasteiger partial charge in [0.1, 0.15) is 5.82 Å². The molecule has 0 aliphatic heterocycles. The van der Waals surface area contributed by atoms with Crippen molar-refractivity contribution in [3.8, 4) is 0 Å². The molecule has 0 heterocycles. The van der Waals surface area contributed by atoms with Crippen LogP contribution in [0.2, 0.25) is 0 Å². The Morgan fingerprint density at radius 2 is 2.11 bits per heavy atom. The number of rotatable bonds is 5. The van der Waals surface area contributed by atoms with E-state index in [2.05, 4.69) is 10.2 Å². The number of nitrogens with one attached hydrogen (secondary N) is 1. The van der Waals surface area contributed by atoms with Crippen LogP contribution in [0.3, 0.4) is 0 Å². The Kier molecular flexibility index (Phi) is 4.19. The molecule has 1 aromatic rings. The molecule has 1 aromatic carbocycles. The van der Waals surface area contributed by atoms with Crippen molar-refractivity contribution in [2.24, 2.45) is 5.92 Å². The maximum absolute atomic E-state index is 13.5. The lowest BCUT2D eigenvalue weighted by Gasteiger charge is -2.35. The molecule has 2 rings (SSSR count). The molecule has 0 atom stereocenters. The van der Waals surface area contributed by atoms with Gasteiger partial charge in [0, 0.05) is 25.8 Å². The van der Waals surface area contributed by atoms with E-state index >= 15 is 0 Å². The Balaban J connectivity index is 2.02. The molecule has 1 aliphatic rings. The molecule has 3 nitrogen and oxygen atoms in total.